The van der Waals surface area contributed by atoms with E-state index in [0.717, 1.165) is 56.5 Å². The number of thioether (sulfide) groups is 1. The quantitative estimate of drug-likeness (QED) is 0.228. The van der Waals surface area contributed by atoms with Gasteiger partial charge in [0.1, 0.15) is 5.52 Å². The van der Waals surface area contributed by atoms with Crippen LogP contribution in [0.2, 0.25) is 0 Å². The van der Waals surface area contributed by atoms with Crippen LogP contribution in [0.5, 0.6) is 0 Å². The second kappa shape index (κ2) is 9.29. The van der Waals surface area contributed by atoms with Gasteiger partial charge >= 0.3 is 0 Å². The number of aromatic nitrogens is 4. The highest BCUT2D eigenvalue weighted by atomic mass is 32.2. The zero-order valence-corrected chi connectivity index (χ0v) is 22.5. The molecule has 2 unspecified atom stereocenters. The lowest BCUT2D eigenvalue weighted by Gasteiger charge is -2.13. The summed E-state index contributed by atoms with van der Waals surface area (Å²) in [5.74, 6) is 3.11. The van der Waals surface area contributed by atoms with E-state index in [1.54, 1.807) is 11.3 Å². The minimum atomic E-state index is 0.369. The van der Waals surface area contributed by atoms with Crippen LogP contribution in [0.1, 0.15) is 22.7 Å². The Morgan fingerprint density at radius 1 is 0.821 bits per heavy atom. The normalized spacial score (nSPS) is 19.3. The van der Waals surface area contributed by atoms with Crippen LogP contribution in [0.25, 0.3) is 55.6 Å². The Balaban J connectivity index is 1.20. The Morgan fingerprint density at radius 2 is 1.64 bits per heavy atom. The molecular weight excluding hydrogens is 521 g/mol. The van der Waals surface area contributed by atoms with Crippen LogP contribution in [0.15, 0.2) is 95.5 Å². The molecule has 0 N–H and O–H groups in total. The molecule has 3 aromatic heterocycles. The van der Waals surface area contributed by atoms with Gasteiger partial charge in [0.05, 0.1) is 4.88 Å². The summed E-state index contributed by atoms with van der Waals surface area (Å²) in [4.78, 5) is 23.1. The molecule has 0 bridgehead atoms. The number of aryl methyl sites for hydroxylation is 1. The molecule has 5 aromatic rings. The average molecular weight is 543 g/mol. The summed E-state index contributed by atoms with van der Waals surface area (Å²) in [5, 5.41) is 0.392. The van der Waals surface area contributed by atoms with Crippen LogP contribution in [-0.4, -0.2) is 25.2 Å². The van der Waals surface area contributed by atoms with Crippen molar-refractivity contribution in [3.63, 3.8) is 0 Å². The van der Waals surface area contributed by atoms with Crippen molar-refractivity contribution in [1.82, 2.24) is 19.9 Å². The second-order valence-electron chi connectivity index (χ2n) is 9.77. The first-order valence-electron chi connectivity index (χ1n) is 13.0. The van der Waals surface area contributed by atoms with Crippen molar-refractivity contribution >= 4 is 45.2 Å². The molecule has 1 aliphatic heterocycles. The molecule has 0 radical (unpaired) electrons. The van der Waals surface area contributed by atoms with Crippen molar-refractivity contribution in [1.29, 1.82) is 0 Å². The number of thiophene rings is 1. The Labute approximate surface area is 233 Å². The van der Waals surface area contributed by atoms with E-state index >= 15 is 0 Å². The van der Waals surface area contributed by atoms with E-state index in [1.807, 2.05) is 60.3 Å². The highest BCUT2D eigenvalue weighted by Crippen LogP contribution is 2.44. The average Bonchev–Trinajstić information content (AvgIpc) is 3.73. The summed E-state index contributed by atoms with van der Waals surface area (Å²) >= 11 is 3.58. The lowest BCUT2D eigenvalue weighted by atomic mass is 10.0. The molecule has 2 aromatic carbocycles. The van der Waals surface area contributed by atoms with Gasteiger partial charge in [-0.3, -0.25) is 0 Å². The molecule has 188 valence electrons. The third-order valence-electron chi connectivity index (χ3n) is 7.18. The standard InChI is InChI=1S/C32H22N4OS2/c1-5-11-25-21(7-1)17-27(38-25)30-34-29(35-31(36-30)28-18-22-8-2-6-12-26(22)39-28)19-13-15-20(16-14-19)32-33-23-9-3-4-10-24(23)37-32/h1,3-7,9-18,21,25H,2,8H2. The summed E-state index contributed by atoms with van der Waals surface area (Å²) in [6.07, 6.45) is 17.6. The van der Waals surface area contributed by atoms with Gasteiger partial charge in [0.2, 0.25) is 5.89 Å². The van der Waals surface area contributed by atoms with Crippen molar-refractivity contribution in [2.75, 3.05) is 0 Å². The lowest BCUT2D eigenvalue weighted by Crippen LogP contribution is -2.07. The van der Waals surface area contributed by atoms with Crippen LogP contribution < -0.4 is 0 Å². The maximum atomic E-state index is 5.97. The topological polar surface area (TPSA) is 64.7 Å². The molecule has 2 atom stereocenters. The van der Waals surface area contributed by atoms with Gasteiger partial charge in [0.25, 0.3) is 0 Å². The molecule has 8 rings (SSSR count). The van der Waals surface area contributed by atoms with E-state index in [9.17, 15) is 0 Å². The molecule has 2 aliphatic carbocycles. The van der Waals surface area contributed by atoms with Gasteiger partial charge in [-0.05, 0) is 54.8 Å². The highest BCUT2D eigenvalue weighted by molar-refractivity contribution is 8.09. The van der Waals surface area contributed by atoms with Gasteiger partial charge in [-0.1, -0.05) is 60.7 Å². The van der Waals surface area contributed by atoms with Crippen LogP contribution in [0.4, 0.5) is 0 Å². The Bertz CT molecular complexity index is 1830. The minimum absolute atomic E-state index is 0.369. The molecule has 0 amide bonds. The zero-order valence-electron chi connectivity index (χ0n) is 20.8. The maximum Gasteiger partial charge on any atom is 0.227 e. The van der Waals surface area contributed by atoms with Gasteiger partial charge in [-0.25, -0.2) is 19.9 Å². The van der Waals surface area contributed by atoms with Crippen LogP contribution in [0.3, 0.4) is 0 Å². The fourth-order valence-electron chi connectivity index (χ4n) is 5.16. The molecule has 4 heterocycles. The summed E-state index contributed by atoms with van der Waals surface area (Å²) in [5.41, 5.74) is 4.86. The van der Waals surface area contributed by atoms with Crippen molar-refractivity contribution in [3.05, 3.63) is 107 Å². The molecule has 0 fully saturated rings. The lowest BCUT2D eigenvalue weighted by molar-refractivity contribution is 0.620. The number of allylic oxidation sites excluding steroid dienone is 5. The summed E-state index contributed by atoms with van der Waals surface area (Å²) in [6, 6.07) is 18.2. The largest absolute Gasteiger partial charge is 0.436 e. The third-order valence-corrected chi connectivity index (χ3v) is 9.64. The number of fused-ring (bicyclic) bond motifs is 3. The highest BCUT2D eigenvalue weighted by Gasteiger charge is 2.29. The molecule has 3 aliphatic rings. The fraction of sp³-hybridized carbons (Fsp3) is 0.125. The first-order chi connectivity index (χ1) is 19.3. The predicted octanol–water partition coefficient (Wildman–Crippen LogP) is 8.23. The van der Waals surface area contributed by atoms with Crippen LogP contribution in [0, 0.1) is 5.92 Å². The SMILES string of the molecule is C1=CC2C=C(c3nc(-c4ccc(-c5nc6ccccc6o5)cc4)nc(-c4cc5c(s4)C=CCC5)n3)SC2C=C1. The predicted molar refractivity (Wildman–Crippen MR) is 160 cm³/mol. The molecule has 0 saturated carbocycles. The van der Waals surface area contributed by atoms with Crippen LogP contribution >= 0.6 is 23.1 Å². The van der Waals surface area contributed by atoms with Gasteiger partial charge in [-0.2, -0.15) is 0 Å². The van der Waals surface area contributed by atoms with Crippen LogP contribution in [-0.2, 0) is 6.42 Å². The number of hydrogen-bond acceptors (Lipinski definition) is 7. The first-order valence-corrected chi connectivity index (χ1v) is 14.7. The van der Waals surface area contributed by atoms with Crippen molar-refractivity contribution in [3.8, 4) is 33.5 Å². The number of oxazole rings is 1. The van der Waals surface area contributed by atoms with Gasteiger partial charge in [0, 0.05) is 32.1 Å². The Hall–Kier alpha value is -4.07. The number of rotatable bonds is 4. The van der Waals surface area contributed by atoms with E-state index in [-0.39, 0.29) is 0 Å². The summed E-state index contributed by atoms with van der Waals surface area (Å²) in [6.45, 7) is 0. The number of nitrogens with zero attached hydrogens (tertiary/aromatic N) is 4. The summed E-state index contributed by atoms with van der Waals surface area (Å²) < 4.78 is 5.97. The van der Waals surface area contributed by atoms with E-state index < -0.39 is 0 Å². The van der Waals surface area contributed by atoms with Crippen molar-refractivity contribution in [2.45, 2.75) is 18.1 Å². The monoisotopic (exact) mass is 542 g/mol. The third kappa shape index (κ3) is 4.18. The minimum Gasteiger partial charge on any atom is -0.436 e. The number of benzene rings is 2. The van der Waals surface area contributed by atoms with E-state index in [4.69, 9.17) is 19.4 Å². The Kier molecular flexibility index (Phi) is 5.45. The fourth-order valence-corrected chi connectivity index (χ4v) is 7.46. The van der Waals surface area contributed by atoms with Gasteiger partial charge in [0.15, 0.2) is 23.1 Å². The first kappa shape index (κ1) is 22.9. The Morgan fingerprint density at radius 3 is 2.51 bits per heavy atom. The molecule has 0 spiro atoms. The summed E-state index contributed by atoms with van der Waals surface area (Å²) in [7, 11) is 0. The second-order valence-corrected chi connectivity index (χ2v) is 12.1. The van der Waals surface area contributed by atoms with E-state index in [1.165, 1.54) is 10.4 Å². The van der Waals surface area contributed by atoms with Crippen molar-refractivity contribution < 1.29 is 4.42 Å². The molecule has 39 heavy (non-hydrogen) atoms. The maximum absolute atomic E-state index is 5.97. The van der Waals surface area contributed by atoms with Crippen molar-refractivity contribution in [2.24, 2.45) is 5.92 Å². The van der Waals surface area contributed by atoms with E-state index in [0.29, 0.717) is 22.9 Å². The van der Waals surface area contributed by atoms with Gasteiger partial charge in [-0.15, -0.1) is 23.1 Å². The van der Waals surface area contributed by atoms with E-state index in [2.05, 4.69) is 53.6 Å². The number of hydrogen-bond donors (Lipinski definition) is 0. The smallest absolute Gasteiger partial charge is 0.227 e. The molecule has 0 saturated heterocycles. The van der Waals surface area contributed by atoms with Gasteiger partial charge < -0.3 is 4.42 Å². The molecule has 5 nitrogen and oxygen atoms in total. The zero-order chi connectivity index (χ0) is 25.8. The number of para-hydroxylation sites is 2. The molecular formula is C32H22N4OS2. The molecule has 7 heteroatoms.